The predicted octanol–water partition coefficient (Wildman–Crippen LogP) is 3.93. The fraction of sp³-hybridized carbons (Fsp3) is 0.273. The number of cyclic esters (lactones) is 1. The van der Waals surface area contributed by atoms with Gasteiger partial charge >= 0.3 is 18.1 Å². The Labute approximate surface area is 170 Å². The Balaban J connectivity index is 1.70. The third-order valence-electron chi connectivity index (χ3n) is 4.70. The molecule has 158 valence electrons. The number of ether oxygens (including phenoxy) is 2. The second-order valence-corrected chi connectivity index (χ2v) is 7.14. The highest BCUT2D eigenvalue weighted by molar-refractivity contribution is 5.96. The number of halogens is 3. The first-order valence-electron chi connectivity index (χ1n) is 9.08. The summed E-state index contributed by atoms with van der Waals surface area (Å²) in [6, 6.07) is 11.0. The molecule has 1 heterocycles. The van der Waals surface area contributed by atoms with Gasteiger partial charge in [-0.05, 0) is 42.8 Å². The van der Waals surface area contributed by atoms with Crippen LogP contribution in [-0.2, 0) is 20.4 Å². The van der Waals surface area contributed by atoms with Crippen LogP contribution in [0, 0.1) is 6.92 Å². The summed E-state index contributed by atoms with van der Waals surface area (Å²) in [4.78, 5) is 24.4. The Morgan fingerprint density at radius 1 is 1.17 bits per heavy atom. The van der Waals surface area contributed by atoms with Crippen LogP contribution in [0.15, 0.2) is 54.1 Å². The number of alkyl halides is 3. The number of hydrogen-bond acceptors (Lipinski definition) is 5. The quantitative estimate of drug-likeness (QED) is 0.586. The van der Waals surface area contributed by atoms with Crippen molar-refractivity contribution in [2.75, 3.05) is 13.2 Å². The fourth-order valence-corrected chi connectivity index (χ4v) is 2.98. The lowest BCUT2D eigenvalue weighted by molar-refractivity contribution is -0.154. The van der Waals surface area contributed by atoms with Gasteiger partial charge in [-0.3, -0.25) is 0 Å². The summed E-state index contributed by atoms with van der Waals surface area (Å²) in [5.74, 6) is -1.35. The molecule has 0 aromatic heterocycles. The standard InChI is InChI=1S/C22H19F3O5/c1-14-2-6-16(7-3-14)19(27)29-13-21(12-26)11-17(20(28)30-21)10-15-4-8-18(9-5-15)22(23,24)25/h2-10,26H,11-13H2,1H3/b17-10+. The van der Waals surface area contributed by atoms with Crippen molar-refractivity contribution in [1.82, 2.24) is 0 Å². The highest BCUT2D eigenvalue weighted by Crippen LogP contribution is 2.33. The Morgan fingerprint density at radius 3 is 2.37 bits per heavy atom. The SMILES string of the molecule is Cc1ccc(C(=O)OCC2(CO)C/C(=C\c3ccc(C(F)(F)F)cc3)C(=O)O2)cc1. The molecular formula is C22H19F3O5. The monoisotopic (exact) mass is 420 g/mol. The first-order valence-corrected chi connectivity index (χ1v) is 9.08. The summed E-state index contributed by atoms with van der Waals surface area (Å²) in [6.07, 6.45) is -3.11. The molecule has 1 saturated heterocycles. The van der Waals surface area contributed by atoms with Crippen LogP contribution in [0.2, 0.25) is 0 Å². The van der Waals surface area contributed by atoms with E-state index in [9.17, 15) is 27.9 Å². The first-order chi connectivity index (χ1) is 14.1. The molecule has 1 unspecified atom stereocenters. The van der Waals surface area contributed by atoms with Gasteiger partial charge in [0.25, 0.3) is 0 Å². The number of aryl methyl sites for hydroxylation is 1. The van der Waals surface area contributed by atoms with E-state index in [0.717, 1.165) is 17.7 Å². The van der Waals surface area contributed by atoms with Crippen LogP contribution >= 0.6 is 0 Å². The number of aliphatic hydroxyl groups excluding tert-OH is 1. The number of benzene rings is 2. The predicted molar refractivity (Wildman–Crippen MR) is 101 cm³/mol. The Bertz CT molecular complexity index is 962. The summed E-state index contributed by atoms with van der Waals surface area (Å²) in [5, 5.41) is 9.74. The van der Waals surface area contributed by atoms with E-state index in [0.29, 0.717) is 11.1 Å². The van der Waals surface area contributed by atoms with Crippen molar-refractivity contribution in [3.63, 3.8) is 0 Å². The zero-order valence-corrected chi connectivity index (χ0v) is 16.0. The van der Waals surface area contributed by atoms with E-state index in [1.807, 2.05) is 6.92 Å². The van der Waals surface area contributed by atoms with Gasteiger partial charge in [-0.25, -0.2) is 9.59 Å². The average Bonchev–Trinajstić information content (AvgIpc) is 3.02. The van der Waals surface area contributed by atoms with Crippen LogP contribution < -0.4 is 0 Å². The van der Waals surface area contributed by atoms with E-state index in [1.54, 1.807) is 24.3 Å². The van der Waals surface area contributed by atoms with E-state index in [2.05, 4.69) is 0 Å². The topological polar surface area (TPSA) is 72.8 Å². The van der Waals surface area contributed by atoms with Gasteiger partial charge in [0.1, 0.15) is 6.61 Å². The minimum atomic E-state index is -4.45. The summed E-state index contributed by atoms with van der Waals surface area (Å²) >= 11 is 0. The molecule has 0 spiro atoms. The lowest BCUT2D eigenvalue weighted by atomic mass is 9.97. The van der Waals surface area contributed by atoms with Gasteiger partial charge in [0.15, 0.2) is 5.60 Å². The second-order valence-electron chi connectivity index (χ2n) is 7.14. The normalized spacial score (nSPS) is 20.3. The van der Waals surface area contributed by atoms with Gasteiger partial charge in [0.2, 0.25) is 0 Å². The molecule has 1 atom stereocenters. The van der Waals surface area contributed by atoms with Crippen LogP contribution in [0.1, 0.15) is 33.5 Å². The van der Waals surface area contributed by atoms with Crippen LogP contribution in [0.25, 0.3) is 6.08 Å². The molecule has 0 radical (unpaired) electrons. The summed E-state index contributed by atoms with van der Waals surface area (Å²) in [6.45, 7) is 0.939. The van der Waals surface area contributed by atoms with E-state index in [-0.39, 0.29) is 18.6 Å². The molecule has 0 bridgehead atoms. The molecule has 8 heteroatoms. The number of rotatable bonds is 5. The average molecular weight is 420 g/mol. The van der Waals surface area contributed by atoms with Gasteiger partial charge in [-0.1, -0.05) is 29.8 Å². The van der Waals surface area contributed by atoms with E-state index in [4.69, 9.17) is 9.47 Å². The lowest BCUT2D eigenvalue weighted by Gasteiger charge is -2.24. The van der Waals surface area contributed by atoms with Crippen LogP contribution in [0.3, 0.4) is 0 Å². The van der Waals surface area contributed by atoms with Crippen molar-refractivity contribution in [2.24, 2.45) is 0 Å². The molecule has 30 heavy (non-hydrogen) atoms. The Kier molecular flexibility index (Phi) is 5.98. The molecule has 3 rings (SSSR count). The molecule has 1 aliphatic heterocycles. The highest BCUT2D eigenvalue weighted by Gasteiger charge is 2.44. The first kappa shape index (κ1) is 21.6. The Hall–Kier alpha value is -3.13. The lowest BCUT2D eigenvalue weighted by Crippen LogP contribution is -2.39. The molecule has 2 aromatic rings. The largest absolute Gasteiger partial charge is 0.458 e. The van der Waals surface area contributed by atoms with Gasteiger partial charge in [-0.2, -0.15) is 13.2 Å². The van der Waals surface area contributed by atoms with Crippen molar-refractivity contribution in [1.29, 1.82) is 0 Å². The number of hydrogen-bond donors (Lipinski definition) is 1. The van der Waals surface area contributed by atoms with Crippen molar-refractivity contribution < 1.29 is 37.3 Å². The third-order valence-corrected chi connectivity index (χ3v) is 4.70. The maximum Gasteiger partial charge on any atom is 0.416 e. The van der Waals surface area contributed by atoms with Crippen LogP contribution in [-0.4, -0.2) is 35.9 Å². The summed E-state index contributed by atoms with van der Waals surface area (Å²) in [7, 11) is 0. The van der Waals surface area contributed by atoms with Crippen molar-refractivity contribution >= 4 is 18.0 Å². The smallest absolute Gasteiger partial charge is 0.416 e. The zero-order chi connectivity index (χ0) is 21.9. The van der Waals surface area contributed by atoms with Crippen molar-refractivity contribution in [2.45, 2.75) is 25.1 Å². The van der Waals surface area contributed by atoms with Gasteiger partial charge in [0.05, 0.1) is 17.7 Å². The molecule has 1 N–H and O–H groups in total. The molecule has 1 aliphatic rings. The fourth-order valence-electron chi connectivity index (χ4n) is 2.98. The van der Waals surface area contributed by atoms with Gasteiger partial charge in [-0.15, -0.1) is 0 Å². The van der Waals surface area contributed by atoms with E-state index in [1.165, 1.54) is 18.2 Å². The van der Waals surface area contributed by atoms with Crippen LogP contribution in [0.5, 0.6) is 0 Å². The molecule has 0 amide bonds. The maximum absolute atomic E-state index is 12.7. The van der Waals surface area contributed by atoms with Crippen molar-refractivity contribution in [3.8, 4) is 0 Å². The molecule has 0 saturated carbocycles. The van der Waals surface area contributed by atoms with E-state index >= 15 is 0 Å². The summed E-state index contributed by atoms with van der Waals surface area (Å²) < 4.78 is 48.5. The van der Waals surface area contributed by atoms with E-state index < -0.39 is 35.9 Å². The zero-order valence-electron chi connectivity index (χ0n) is 16.0. The van der Waals surface area contributed by atoms with Gasteiger partial charge < -0.3 is 14.6 Å². The van der Waals surface area contributed by atoms with Crippen molar-refractivity contribution in [3.05, 3.63) is 76.4 Å². The highest BCUT2D eigenvalue weighted by atomic mass is 19.4. The Morgan fingerprint density at radius 2 is 1.80 bits per heavy atom. The molecule has 1 fully saturated rings. The minimum absolute atomic E-state index is 0.0511. The van der Waals surface area contributed by atoms with Crippen LogP contribution in [0.4, 0.5) is 13.2 Å². The summed E-state index contributed by atoms with van der Waals surface area (Å²) in [5.41, 5.74) is -0.406. The number of esters is 2. The molecule has 5 nitrogen and oxygen atoms in total. The van der Waals surface area contributed by atoms with Gasteiger partial charge in [0, 0.05) is 12.0 Å². The molecule has 2 aromatic carbocycles. The number of carbonyl (C=O) groups is 2. The molecule has 0 aliphatic carbocycles. The minimum Gasteiger partial charge on any atom is -0.458 e. The number of carbonyl (C=O) groups excluding carboxylic acids is 2. The number of aliphatic hydroxyl groups is 1. The third kappa shape index (κ3) is 4.88. The second kappa shape index (κ2) is 8.31. The maximum atomic E-state index is 12.7. The molecular weight excluding hydrogens is 401 g/mol.